The largest absolute Gasteiger partial charge is 0.489 e. The Morgan fingerprint density at radius 2 is 2.20 bits per heavy atom. The molecule has 0 aliphatic carbocycles. The summed E-state index contributed by atoms with van der Waals surface area (Å²) in [5.74, 6) is 0.529. The molecular weight excluding hydrogens is 280 g/mol. The van der Waals surface area contributed by atoms with Gasteiger partial charge in [-0.25, -0.2) is 8.42 Å². The van der Waals surface area contributed by atoms with Gasteiger partial charge in [-0.15, -0.1) is 0 Å². The van der Waals surface area contributed by atoms with Crippen molar-refractivity contribution < 1.29 is 17.9 Å². The smallest absolute Gasteiger partial charge is 0.232 e. The second-order valence-electron chi connectivity index (χ2n) is 4.62. The number of hydrogen-bond donors (Lipinski definition) is 1. The van der Waals surface area contributed by atoms with E-state index in [0.29, 0.717) is 36.7 Å². The van der Waals surface area contributed by atoms with Crippen molar-refractivity contribution in [1.29, 1.82) is 0 Å². The van der Waals surface area contributed by atoms with Crippen LogP contribution in [-0.4, -0.2) is 33.2 Å². The molecule has 1 aliphatic heterocycles. The number of carbonyl (C=O) groups excluding carboxylic acids is 1. The molecule has 0 saturated carbocycles. The van der Waals surface area contributed by atoms with Gasteiger partial charge in [0.05, 0.1) is 23.7 Å². The van der Waals surface area contributed by atoms with Gasteiger partial charge in [0.15, 0.2) is 0 Å². The van der Waals surface area contributed by atoms with Crippen LogP contribution in [0.1, 0.15) is 20.3 Å². The Balaban J connectivity index is 2.26. The van der Waals surface area contributed by atoms with Gasteiger partial charge in [0, 0.05) is 13.0 Å². The van der Waals surface area contributed by atoms with E-state index < -0.39 is 10.0 Å². The van der Waals surface area contributed by atoms with Gasteiger partial charge >= 0.3 is 0 Å². The number of carbonyl (C=O) groups is 1. The zero-order valence-corrected chi connectivity index (χ0v) is 12.4. The fraction of sp³-hybridized carbons (Fsp3) is 0.462. The summed E-state index contributed by atoms with van der Waals surface area (Å²) < 4.78 is 31.4. The van der Waals surface area contributed by atoms with Gasteiger partial charge in [-0.1, -0.05) is 6.92 Å². The molecule has 0 atom stereocenters. The minimum absolute atomic E-state index is 0.0612. The van der Waals surface area contributed by atoms with E-state index in [2.05, 4.69) is 4.72 Å². The van der Waals surface area contributed by atoms with E-state index in [1.807, 2.05) is 0 Å². The average Bonchev–Trinajstić information content (AvgIpc) is 2.36. The Morgan fingerprint density at radius 3 is 2.85 bits per heavy atom. The second-order valence-corrected chi connectivity index (χ2v) is 6.46. The lowest BCUT2D eigenvalue weighted by atomic mass is 10.2. The van der Waals surface area contributed by atoms with Gasteiger partial charge in [0.1, 0.15) is 12.4 Å². The lowest BCUT2D eigenvalue weighted by Crippen LogP contribution is -2.36. The van der Waals surface area contributed by atoms with Crippen LogP contribution in [0.5, 0.6) is 5.75 Å². The van der Waals surface area contributed by atoms with Gasteiger partial charge < -0.3 is 9.64 Å². The summed E-state index contributed by atoms with van der Waals surface area (Å²) in [4.78, 5) is 13.1. The normalized spacial score (nSPS) is 14.4. The van der Waals surface area contributed by atoms with E-state index in [1.54, 1.807) is 30.0 Å². The molecule has 1 N–H and O–H groups in total. The number of anilines is 2. The molecule has 0 saturated heterocycles. The Bertz CT molecular complexity index is 613. The number of nitrogens with one attached hydrogen (secondary N) is 1. The van der Waals surface area contributed by atoms with Crippen molar-refractivity contribution in [2.24, 2.45) is 0 Å². The molecule has 0 aromatic heterocycles. The molecule has 1 amide bonds. The molecule has 0 spiro atoms. The number of hydrogen-bond acceptors (Lipinski definition) is 4. The Labute approximate surface area is 118 Å². The lowest BCUT2D eigenvalue weighted by molar-refractivity contribution is -0.116. The van der Waals surface area contributed by atoms with Gasteiger partial charge in [0.2, 0.25) is 15.9 Å². The first-order chi connectivity index (χ1) is 9.43. The van der Waals surface area contributed by atoms with Crippen molar-refractivity contribution in [1.82, 2.24) is 0 Å². The fourth-order valence-electron chi connectivity index (χ4n) is 2.11. The van der Waals surface area contributed by atoms with Crippen LogP contribution in [0.25, 0.3) is 0 Å². The predicted octanol–water partition coefficient (Wildman–Crippen LogP) is 1.58. The number of fused-ring (bicyclic) bond motifs is 1. The highest BCUT2D eigenvalue weighted by Crippen LogP contribution is 2.34. The molecule has 7 heteroatoms. The number of ether oxygens (including phenoxy) is 1. The Morgan fingerprint density at radius 1 is 1.45 bits per heavy atom. The van der Waals surface area contributed by atoms with Crippen molar-refractivity contribution in [2.45, 2.75) is 20.3 Å². The van der Waals surface area contributed by atoms with Crippen molar-refractivity contribution in [3.8, 4) is 5.75 Å². The van der Waals surface area contributed by atoms with Gasteiger partial charge in [0.25, 0.3) is 0 Å². The number of nitrogens with zero attached hydrogens (tertiary/aromatic N) is 1. The molecule has 1 aliphatic rings. The summed E-state index contributed by atoms with van der Waals surface area (Å²) in [6, 6.07) is 4.94. The van der Waals surface area contributed by atoms with Crippen molar-refractivity contribution in [3.05, 3.63) is 18.2 Å². The number of benzene rings is 1. The van der Waals surface area contributed by atoms with Crippen LogP contribution >= 0.6 is 0 Å². The summed E-state index contributed by atoms with van der Waals surface area (Å²) in [5, 5.41) is 0. The van der Waals surface area contributed by atoms with E-state index in [-0.39, 0.29) is 11.7 Å². The Hall–Kier alpha value is -1.76. The first-order valence-electron chi connectivity index (χ1n) is 6.48. The van der Waals surface area contributed by atoms with E-state index in [9.17, 15) is 13.2 Å². The molecule has 0 radical (unpaired) electrons. The van der Waals surface area contributed by atoms with Crippen LogP contribution in [0.4, 0.5) is 11.4 Å². The van der Waals surface area contributed by atoms with Crippen LogP contribution in [0.15, 0.2) is 18.2 Å². The first kappa shape index (κ1) is 14.6. The number of sulfonamides is 1. The second kappa shape index (κ2) is 5.70. The summed E-state index contributed by atoms with van der Waals surface area (Å²) in [5.41, 5.74) is 1.12. The monoisotopic (exact) mass is 298 g/mol. The minimum Gasteiger partial charge on any atom is -0.489 e. The highest BCUT2D eigenvalue weighted by molar-refractivity contribution is 7.92. The van der Waals surface area contributed by atoms with Crippen LogP contribution in [-0.2, 0) is 14.8 Å². The number of rotatable bonds is 4. The lowest BCUT2D eigenvalue weighted by Gasteiger charge is -2.29. The molecule has 0 bridgehead atoms. The van der Waals surface area contributed by atoms with E-state index in [1.165, 1.54) is 6.92 Å². The van der Waals surface area contributed by atoms with Crippen LogP contribution in [0.2, 0.25) is 0 Å². The van der Waals surface area contributed by atoms with Crippen molar-refractivity contribution >= 4 is 27.3 Å². The summed E-state index contributed by atoms with van der Waals surface area (Å²) in [6.45, 7) is 4.20. The van der Waals surface area contributed by atoms with E-state index >= 15 is 0 Å². The fourth-order valence-corrected chi connectivity index (χ4v) is 3.24. The molecule has 110 valence electrons. The third-order valence-corrected chi connectivity index (χ3v) is 4.44. The van der Waals surface area contributed by atoms with Crippen LogP contribution in [0, 0.1) is 0 Å². The van der Waals surface area contributed by atoms with Gasteiger partial charge in [-0.05, 0) is 18.6 Å². The topological polar surface area (TPSA) is 75.7 Å². The highest BCUT2D eigenvalue weighted by atomic mass is 32.2. The molecular formula is C13H18N2O4S. The quantitative estimate of drug-likeness (QED) is 0.915. The van der Waals surface area contributed by atoms with Gasteiger partial charge in [-0.2, -0.15) is 0 Å². The van der Waals surface area contributed by atoms with Crippen LogP contribution in [0.3, 0.4) is 0 Å². The summed E-state index contributed by atoms with van der Waals surface area (Å²) >= 11 is 0. The maximum Gasteiger partial charge on any atom is 0.232 e. The maximum absolute atomic E-state index is 11.7. The Kier molecular flexibility index (Phi) is 4.17. The molecule has 6 nitrogen and oxygen atoms in total. The zero-order chi connectivity index (χ0) is 14.8. The predicted molar refractivity (Wildman–Crippen MR) is 77.7 cm³/mol. The van der Waals surface area contributed by atoms with E-state index in [4.69, 9.17) is 4.74 Å². The molecule has 0 unspecified atom stereocenters. The maximum atomic E-state index is 11.7. The molecule has 0 fully saturated rings. The van der Waals surface area contributed by atoms with Gasteiger partial charge in [-0.3, -0.25) is 9.52 Å². The molecule has 20 heavy (non-hydrogen) atoms. The zero-order valence-electron chi connectivity index (χ0n) is 11.5. The van der Waals surface area contributed by atoms with E-state index in [0.717, 1.165) is 0 Å². The highest BCUT2D eigenvalue weighted by Gasteiger charge is 2.22. The molecule has 2 rings (SSSR count). The standard InChI is InChI=1S/C13H18N2O4S/c1-3-8-20(17,18)14-11-4-5-12-13(9-11)19-7-6-15(12)10(2)16/h4-5,9,14H,3,6-8H2,1-2H3. The molecule has 1 aromatic carbocycles. The van der Waals surface area contributed by atoms with Crippen molar-refractivity contribution in [2.75, 3.05) is 28.5 Å². The number of amides is 1. The third-order valence-electron chi connectivity index (χ3n) is 2.95. The third kappa shape index (κ3) is 3.22. The van der Waals surface area contributed by atoms with Crippen molar-refractivity contribution in [3.63, 3.8) is 0 Å². The average molecular weight is 298 g/mol. The minimum atomic E-state index is -3.33. The molecule has 1 aromatic rings. The molecule has 1 heterocycles. The summed E-state index contributed by atoms with van der Waals surface area (Å²) in [7, 11) is -3.33. The van der Waals surface area contributed by atoms with Crippen LogP contribution < -0.4 is 14.4 Å². The first-order valence-corrected chi connectivity index (χ1v) is 8.13. The SMILES string of the molecule is CCCS(=O)(=O)Nc1ccc2c(c1)OCCN2C(C)=O. The summed E-state index contributed by atoms with van der Waals surface area (Å²) in [6.07, 6.45) is 0.550.